The highest BCUT2D eigenvalue weighted by atomic mass is 35.5. The van der Waals surface area contributed by atoms with Crippen LogP contribution in [0.15, 0.2) is 41.9 Å². The van der Waals surface area contributed by atoms with Crippen molar-refractivity contribution in [3.8, 4) is 0 Å². The molecule has 7 heteroatoms. The molecule has 3 rings (SSSR count). The van der Waals surface area contributed by atoms with Crippen LogP contribution in [0.2, 0.25) is 5.02 Å². The molecule has 0 radical (unpaired) electrons. The number of hydrogen-bond acceptors (Lipinski definition) is 5. The predicted molar refractivity (Wildman–Crippen MR) is 91.8 cm³/mol. The van der Waals surface area contributed by atoms with Gasteiger partial charge in [-0.25, -0.2) is 9.48 Å². The van der Waals surface area contributed by atoms with Gasteiger partial charge in [0.1, 0.15) is 12.4 Å². The molecule has 0 unspecified atom stereocenters. The van der Waals surface area contributed by atoms with E-state index in [4.69, 9.17) is 16.3 Å². The number of hydrogen-bond donors (Lipinski definition) is 1. The highest BCUT2D eigenvalue weighted by Crippen LogP contribution is 2.36. The smallest absolute Gasteiger partial charge is 0.338 e. The topological polar surface area (TPSA) is 69.0 Å². The standard InChI is InChI=1S/C17H19ClN4O2/c1-3-5-13-14(16(23)24-4-2)15(11-6-8-12(18)9-7-11)22-17(21-13)19-10-20-22/h6-10,15H,3-5H2,1-2H3,(H,19,20,21)/t15-/m0/s1. The van der Waals surface area contributed by atoms with Gasteiger partial charge in [-0.3, -0.25) is 0 Å². The third-order valence-electron chi connectivity index (χ3n) is 3.86. The molecule has 6 nitrogen and oxygen atoms in total. The van der Waals surface area contributed by atoms with Crippen molar-refractivity contribution in [3.63, 3.8) is 0 Å². The summed E-state index contributed by atoms with van der Waals surface area (Å²) in [5, 5.41) is 8.15. The zero-order chi connectivity index (χ0) is 17.1. The van der Waals surface area contributed by atoms with Crippen LogP contribution in [0.25, 0.3) is 0 Å². The van der Waals surface area contributed by atoms with Crippen molar-refractivity contribution in [1.29, 1.82) is 0 Å². The van der Waals surface area contributed by atoms with E-state index in [0.717, 1.165) is 24.1 Å². The van der Waals surface area contributed by atoms with Crippen LogP contribution in [0.5, 0.6) is 0 Å². The van der Waals surface area contributed by atoms with Crippen molar-refractivity contribution < 1.29 is 9.53 Å². The van der Waals surface area contributed by atoms with Gasteiger partial charge in [-0.15, -0.1) is 0 Å². The second-order valence-electron chi connectivity index (χ2n) is 5.47. The van der Waals surface area contributed by atoms with Gasteiger partial charge < -0.3 is 10.1 Å². The average molecular weight is 347 g/mol. The lowest BCUT2D eigenvalue weighted by molar-refractivity contribution is -0.139. The zero-order valence-electron chi connectivity index (χ0n) is 13.6. The first-order chi connectivity index (χ1) is 11.7. The fourth-order valence-corrected chi connectivity index (χ4v) is 2.99. The minimum absolute atomic E-state index is 0.319. The molecule has 0 fully saturated rings. The SMILES string of the molecule is CCCC1=C(C(=O)OCC)[C@H](c2ccc(Cl)cc2)n2ncnc2N1. The number of rotatable bonds is 5. The summed E-state index contributed by atoms with van der Waals surface area (Å²) in [5.41, 5.74) is 2.31. The Hall–Kier alpha value is -2.34. The van der Waals surface area contributed by atoms with E-state index in [1.54, 1.807) is 23.7 Å². The van der Waals surface area contributed by atoms with E-state index in [2.05, 4.69) is 22.3 Å². The normalized spacial score (nSPS) is 16.5. The Kier molecular flexibility index (Phi) is 4.85. The second-order valence-corrected chi connectivity index (χ2v) is 5.91. The van der Waals surface area contributed by atoms with Crippen LogP contribution in [-0.2, 0) is 9.53 Å². The predicted octanol–water partition coefficient (Wildman–Crippen LogP) is 3.56. The molecule has 1 aromatic heterocycles. The van der Waals surface area contributed by atoms with Crippen molar-refractivity contribution in [3.05, 3.63) is 52.4 Å². The number of ether oxygens (including phenoxy) is 1. The minimum atomic E-state index is -0.387. The first kappa shape index (κ1) is 16.5. The zero-order valence-corrected chi connectivity index (χ0v) is 14.4. The summed E-state index contributed by atoms with van der Waals surface area (Å²) in [6.45, 7) is 4.18. The number of allylic oxidation sites excluding steroid dienone is 1. The van der Waals surface area contributed by atoms with Crippen molar-refractivity contribution in [2.24, 2.45) is 0 Å². The molecule has 2 heterocycles. The number of nitrogens with one attached hydrogen (secondary N) is 1. The number of fused-ring (bicyclic) bond motifs is 1. The molecule has 1 atom stereocenters. The first-order valence-corrected chi connectivity index (χ1v) is 8.35. The third kappa shape index (κ3) is 3.01. The maximum absolute atomic E-state index is 12.7. The van der Waals surface area contributed by atoms with Crippen molar-refractivity contribution in [2.75, 3.05) is 11.9 Å². The number of benzene rings is 1. The number of halogens is 1. The Morgan fingerprint density at radius 1 is 1.33 bits per heavy atom. The van der Waals surface area contributed by atoms with Crippen LogP contribution >= 0.6 is 11.6 Å². The largest absolute Gasteiger partial charge is 0.463 e. The third-order valence-corrected chi connectivity index (χ3v) is 4.11. The molecular formula is C17H19ClN4O2. The summed E-state index contributed by atoms with van der Waals surface area (Å²) >= 11 is 6.01. The molecule has 1 aliphatic heterocycles. The van der Waals surface area contributed by atoms with Gasteiger partial charge in [0.15, 0.2) is 0 Å². The van der Waals surface area contributed by atoms with E-state index in [1.807, 2.05) is 12.1 Å². The summed E-state index contributed by atoms with van der Waals surface area (Å²) in [5.74, 6) is 0.279. The molecule has 24 heavy (non-hydrogen) atoms. The van der Waals surface area contributed by atoms with E-state index >= 15 is 0 Å². The molecule has 0 spiro atoms. The lowest BCUT2D eigenvalue weighted by Crippen LogP contribution is -2.30. The molecule has 0 saturated heterocycles. The number of anilines is 1. The maximum atomic E-state index is 12.7. The molecule has 0 saturated carbocycles. The van der Waals surface area contributed by atoms with Gasteiger partial charge in [0.25, 0.3) is 0 Å². The summed E-state index contributed by atoms with van der Waals surface area (Å²) < 4.78 is 7.00. The molecule has 1 aliphatic rings. The van der Waals surface area contributed by atoms with Crippen molar-refractivity contribution >= 4 is 23.5 Å². The Balaban J connectivity index is 2.15. The minimum Gasteiger partial charge on any atom is -0.463 e. The average Bonchev–Trinajstić information content (AvgIpc) is 3.03. The number of esters is 1. The molecule has 2 aromatic rings. The van der Waals surface area contributed by atoms with Gasteiger partial charge in [0, 0.05) is 10.7 Å². The monoisotopic (exact) mass is 346 g/mol. The fraction of sp³-hybridized carbons (Fsp3) is 0.353. The van der Waals surface area contributed by atoms with E-state index in [1.165, 1.54) is 6.33 Å². The molecule has 1 aromatic carbocycles. The fourth-order valence-electron chi connectivity index (χ4n) is 2.86. The number of carbonyl (C=O) groups excluding carboxylic acids is 1. The lowest BCUT2D eigenvalue weighted by Gasteiger charge is -2.29. The molecule has 126 valence electrons. The lowest BCUT2D eigenvalue weighted by atomic mass is 9.94. The number of aromatic nitrogens is 3. The van der Waals surface area contributed by atoms with Gasteiger partial charge in [0.2, 0.25) is 5.95 Å². The van der Waals surface area contributed by atoms with Crippen LogP contribution in [0, 0.1) is 0 Å². The Morgan fingerprint density at radius 3 is 2.75 bits per heavy atom. The van der Waals surface area contributed by atoms with Gasteiger partial charge in [-0.2, -0.15) is 10.1 Å². The molecular weight excluding hydrogens is 328 g/mol. The van der Waals surface area contributed by atoms with Gasteiger partial charge >= 0.3 is 5.97 Å². The maximum Gasteiger partial charge on any atom is 0.338 e. The van der Waals surface area contributed by atoms with Crippen LogP contribution in [0.3, 0.4) is 0 Å². The summed E-state index contributed by atoms with van der Waals surface area (Å²) in [6.07, 6.45) is 3.10. The van der Waals surface area contributed by atoms with Crippen LogP contribution < -0.4 is 5.32 Å². The quantitative estimate of drug-likeness (QED) is 0.838. The Labute approximate surface area is 145 Å². The second kappa shape index (κ2) is 7.05. The van der Waals surface area contributed by atoms with Crippen LogP contribution in [0.4, 0.5) is 5.95 Å². The highest BCUT2D eigenvalue weighted by molar-refractivity contribution is 6.30. The summed E-state index contributed by atoms with van der Waals surface area (Å²) in [4.78, 5) is 16.9. The Morgan fingerprint density at radius 2 is 2.08 bits per heavy atom. The van der Waals surface area contributed by atoms with E-state index in [9.17, 15) is 4.79 Å². The Bertz CT molecular complexity index is 767. The number of nitrogens with zero attached hydrogens (tertiary/aromatic N) is 3. The van der Waals surface area contributed by atoms with E-state index in [0.29, 0.717) is 23.2 Å². The summed E-state index contributed by atoms with van der Waals surface area (Å²) in [6, 6.07) is 7.01. The first-order valence-electron chi connectivity index (χ1n) is 7.97. The van der Waals surface area contributed by atoms with Crippen molar-refractivity contribution in [1.82, 2.24) is 14.8 Å². The number of carbonyl (C=O) groups is 1. The van der Waals surface area contributed by atoms with E-state index in [-0.39, 0.29) is 12.0 Å². The van der Waals surface area contributed by atoms with Crippen molar-refractivity contribution in [2.45, 2.75) is 32.7 Å². The molecule has 0 aliphatic carbocycles. The van der Waals surface area contributed by atoms with Crippen LogP contribution in [0.1, 0.15) is 38.3 Å². The van der Waals surface area contributed by atoms with Gasteiger partial charge in [-0.1, -0.05) is 37.1 Å². The molecule has 0 amide bonds. The van der Waals surface area contributed by atoms with Gasteiger partial charge in [-0.05, 0) is 31.0 Å². The van der Waals surface area contributed by atoms with E-state index < -0.39 is 0 Å². The molecule has 0 bridgehead atoms. The highest BCUT2D eigenvalue weighted by Gasteiger charge is 2.35. The van der Waals surface area contributed by atoms with Gasteiger partial charge in [0.05, 0.1) is 12.2 Å². The van der Waals surface area contributed by atoms with Crippen LogP contribution in [-0.4, -0.2) is 27.3 Å². The summed E-state index contributed by atoms with van der Waals surface area (Å²) in [7, 11) is 0. The molecule has 1 N–H and O–H groups in total.